The molecule has 35 heavy (non-hydrogen) atoms. The van der Waals surface area contributed by atoms with Crippen molar-refractivity contribution < 1.29 is 19.5 Å². The van der Waals surface area contributed by atoms with E-state index in [1.165, 1.54) is 11.8 Å². The van der Waals surface area contributed by atoms with Crippen molar-refractivity contribution in [3.8, 4) is 0 Å². The predicted molar refractivity (Wildman–Crippen MR) is 134 cm³/mol. The summed E-state index contributed by atoms with van der Waals surface area (Å²) in [5, 5.41) is 15.8. The fourth-order valence-electron chi connectivity index (χ4n) is 4.45. The first-order chi connectivity index (χ1) is 17.0. The number of carbonyl (C=O) groups excluding carboxylic acids is 3. The molecule has 0 bridgehead atoms. The normalized spacial score (nSPS) is 17.1. The summed E-state index contributed by atoms with van der Waals surface area (Å²) in [5.74, 6) is -1.98. The molecule has 0 spiro atoms. The third kappa shape index (κ3) is 3.93. The van der Waals surface area contributed by atoms with E-state index in [1.807, 2.05) is 30.3 Å². The number of anilines is 2. The molecular formula is C28H21N3O4. The summed E-state index contributed by atoms with van der Waals surface area (Å²) in [6.07, 6.45) is 3.15. The summed E-state index contributed by atoms with van der Waals surface area (Å²) in [6, 6.07) is 22.2. The van der Waals surface area contributed by atoms with E-state index in [0.717, 1.165) is 10.8 Å². The van der Waals surface area contributed by atoms with Crippen molar-refractivity contribution >= 4 is 45.5 Å². The highest BCUT2D eigenvalue weighted by Crippen LogP contribution is 2.43. The molecule has 1 unspecified atom stereocenters. The summed E-state index contributed by atoms with van der Waals surface area (Å²) in [6.45, 7) is 1.41. The minimum Gasteiger partial charge on any atom is -0.507 e. The number of Topliss-reactive ketones (excluding diaryl/α,β-unsaturated/α-hetero) is 1. The van der Waals surface area contributed by atoms with Crippen molar-refractivity contribution in [3.05, 3.63) is 108 Å². The number of aliphatic hydroxyl groups is 1. The Labute approximate surface area is 201 Å². The van der Waals surface area contributed by atoms with Crippen molar-refractivity contribution in [3.63, 3.8) is 0 Å². The molecule has 2 N–H and O–H groups in total. The minimum atomic E-state index is -0.858. The van der Waals surface area contributed by atoms with Gasteiger partial charge in [-0.1, -0.05) is 42.5 Å². The number of rotatable bonds is 4. The van der Waals surface area contributed by atoms with Crippen LogP contribution in [0.2, 0.25) is 0 Å². The second kappa shape index (κ2) is 8.87. The van der Waals surface area contributed by atoms with Gasteiger partial charge in [-0.05, 0) is 52.7 Å². The molecule has 0 radical (unpaired) electrons. The smallest absolute Gasteiger partial charge is 0.300 e. The van der Waals surface area contributed by atoms with E-state index in [9.17, 15) is 19.5 Å². The van der Waals surface area contributed by atoms with E-state index in [2.05, 4.69) is 10.3 Å². The Balaban J connectivity index is 1.70. The lowest BCUT2D eigenvalue weighted by Gasteiger charge is -2.25. The second-order valence-electron chi connectivity index (χ2n) is 8.20. The number of aliphatic hydroxyl groups excluding tert-OH is 1. The van der Waals surface area contributed by atoms with Crippen molar-refractivity contribution in [2.45, 2.75) is 13.0 Å². The maximum Gasteiger partial charge on any atom is 0.300 e. The average Bonchev–Trinajstić information content (AvgIpc) is 3.14. The Morgan fingerprint density at radius 2 is 1.60 bits per heavy atom. The average molecular weight is 463 g/mol. The third-order valence-electron chi connectivity index (χ3n) is 5.98. The van der Waals surface area contributed by atoms with E-state index in [1.54, 1.807) is 60.9 Å². The molecule has 4 aromatic rings. The summed E-state index contributed by atoms with van der Waals surface area (Å²) in [5.41, 5.74) is 2.13. The van der Waals surface area contributed by atoms with Crippen LogP contribution in [0.5, 0.6) is 0 Å². The second-order valence-corrected chi connectivity index (χ2v) is 8.20. The molecule has 7 nitrogen and oxygen atoms in total. The predicted octanol–water partition coefficient (Wildman–Crippen LogP) is 4.82. The van der Waals surface area contributed by atoms with Crippen LogP contribution in [0, 0.1) is 0 Å². The Hall–Kier alpha value is -4.78. The van der Waals surface area contributed by atoms with Crippen molar-refractivity contribution in [1.82, 2.24) is 4.98 Å². The summed E-state index contributed by atoms with van der Waals surface area (Å²) in [7, 11) is 0. The molecule has 1 aromatic heterocycles. The van der Waals surface area contributed by atoms with Gasteiger partial charge in [-0.2, -0.15) is 0 Å². The molecule has 7 heteroatoms. The third-order valence-corrected chi connectivity index (χ3v) is 5.98. The summed E-state index contributed by atoms with van der Waals surface area (Å²) >= 11 is 0. The highest BCUT2D eigenvalue weighted by molar-refractivity contribution is 6.51. The molecule has 1 fully saturated rings. The number of ketones is 1. The quantitative estimate of drug-likeness (QED) is 0.257. The van der Waals surface area contributed by atoms with Crippen LogP contribution in [0.1, 0.15) is 24.1 Å². The largest absolute Gasteiger partial charge is 0.507 e. The topological polar surface area (TPSA) is 99.6 Å². The van der Waals surface area contributed by atoms with Crippen LogP contribution in [0.3, 0.4) is 0 Å². The van der Waals surface area contributed by atoms with Gasteiger partial charge in [-0.15, -0.1) is 0 Å². The first kappa shape index (κ1) is 22.0. The number of amides is 2. The lowest BCUT2D eigenvalue weighted by atomic mass is 9.93. The number of pyridine rings is 1. The van der Waals surface area contributed by atoms with E-state index in [4.69, 9.17) is 0 Å². The number of nitrogens with one attached hydrogen (secondary N) is 1. The van der Waals surface area contributed by atoms with Crippen molar-refractivity contribution in [2.24, 2.45) is 0 Å². The number of nitrogens with zero attached hydrogens (tertiary/aromatic N) is 2. The van der Waals surface area contributed by atoms with Gasteiger partial charge >= 0.3 is 0 Å². The highest BCUT2D eigenvalue weighted by Gasteiger charge is 2.47. The molecule has 1 aliphatic heterocycles. The van der Waals surface area contributed by atoms with Gasteiger partial charge in [0.1, 0.15) is 5.76 Å². The fraction of sp³-hybridized carbons (Fsp3) is 0.0714. The zero-order chi connectivity index (χ0) is 24.5. The van der Waals surface area contributed by atoms with Crippen LogP contribution in [0.4, 0.5) is 11.4 Å². The zero-order valence-corrected chi connectivity index (χ0v) is 18.8. The Bertz CT molecular complexity index is 1490. The van der Waals surface area contributed by atoms with E-state index < -0.39 is 17.7 Å². The SMILES string of the molecule is CC(=O)Nc1ccc(N2C(=O)C(=O)/C(=C(\O)c3cccc4ccccc34)C2c2ccncc2)cc1. The van der Waals surface area contributed by atoms with Crippen LogP contribution in [-0.2, 0) is 14.4 Å². The van der Waals surface area contributed by atoms with Gasteiger partial charge in [0.2, 0.25) is 5.91 Å². The first-order valence-electron chi connectivity index (χ1n) is 11.0. The number of hydrogen-bond donors (Lipinski definition) is 2. The zero-order valence-electron chi connectivity index (χ0n) is 18.8. The van der Waals surface area contributed by atoms with Crippen molar-refractivity contribution in [1.29, 1.82) is 0 Å². The van der Waals surface area contributed by atoms with Crippen LogP contribution in [0.15, 0.2) is 96.8 Å². The van der Waals surface area contributed by atoms with E-state index in [-0.39, 0.29) is 17.2 Å². The van der Waals surface area contributed by atoms with E-state index in [0.29, 0.717) is 22.5 Å². The lowest BCUT2D eigenvalue weighted by Crippen LogP contribution is -2.29. The Kier molecular flexibility index (Phi) is 5.58. The van der Waals surface area contributed by atoms with Gasteiger partial charge in [0, 0.05) is 36.3 Å². The fourth-order valence-corrected chi connectivity index (χ4v) is 4.45. The molecule has 3 aromatic carbocycles. The van der Waals surface area contributed by atoms with Gasteiger partial charge in [-0.3, -0.25) is 24.3 Å². The van der Waals surface area contributed by atoms with Crippen LogP contribution in [0.25, 0.3) is 16.5 Å². The highest BCUT2D eigenvalue weighted by atomic mass is 16.3. The minimum absolute atomic E-state index is 0.00323. The first-order valence-corrected chi connectivity index (χ1v) is 11.0. The molecule has 0 saturated carbocycles. The van der Waals surface area contributed by atoms with Gasteiger partial charge < -0.3 is 10.4 Å². The molecule has 5 rings (SSSR count). The van der Waals surface area contributed by atoms with Gasteiger partial charge in [0.05, 0.1) is 11.6 Å². The summed E-state index contributed by atoms with van der Waals surface area (Å²) < 4.78 is 0. The van der Waals surface area contributed by atoms with Gasteiger partial charge in [-0.25, -0.2) is 0 Å². The number of hydrogen-bond acceptors (Lipinski definition) is 5. The molecule has 0 aliphatic carbocycles. The van der Waals surface area contributed by atoms with Crippen LogP contribution >= 0.6 is 0 Å². The molecule has 2 amide bonds. The van der Waals surface area contributed by atoms with Gasteiger partial charge in [0.15, 0.2) is 0 Å². The number of carbonyl (C=O) groups is 3. The van der Waals surface area contributed by atoms with Crippen molar-refractivity contribution in [2.75, 3.05) is 10.2 Å². The molecule has 2 heterocycles. The van der Waals surface area contributed by atoms with E-state index >= 15 is 0 Å². The summed E-state index contributed by atoms with van der Waals surface area (Å²) in [4.78, 5) is 43.5. The monoisotopic (exact) mass is 463 g/mol. The maximum absolute atomic E-state index is 13.4. The standard InChI is InChI=1S/C28H21N3O4/c1-17(32)30-20-9-11-21(12-10-20)31-25(19-13-15-29-16-14-19)24(27(34)28(31)35)26(33)23-8-4-6-18-5-2-3-7-22(18)23/h2-16,25,33H,1H3,(H,30,32)/b26-24-. The molecular weight excluding hydrogens is 442 g/mol. The molecule has 1 saturated heterocycles. The van der Waals surface area contributed by atoms with Gasteiger partial charge in [0.25, 0.3) is 11.7 Å². The lowest BCUT2D eigenvalue weighted by molar-refractivity contribution is -0.132. The number of fused-ring (bicyclic) bond motifs is 1. The van der Waals surface area contributed by atoms with Crippen LogP contribution < -0.4 is 10.2 Å². The number of aromatic nitrogens is 1. The Morgan fingerprint density at radius 3 is 2.31 bits per heavy atom. The molecule has 172 valence electrons. The van der Waals surface area contributed by atoms with Crippen LogP contribution in [-0.4, -0.2) is 27.7 Å². The molecule has 1 atom stereocenters. The number of benzene rings is 3. The maximum atomic E-state index is 13.4. The Morgan fingerprint density at radius 1 is 0.914 bits per heavy atom. The molecule has 1 aliphatic rings.